The molecular weight excluding hydrogens is 493 g/mol. The van der Waals surface area contributed by atoms with Crippen LogP contribution in [-0.4, -0.2) is 104 Å². The van der Waals surface area contributed by atoms with E-state index < -0.39 is 30.6 Å². The summed E-state index contributed by atoms with van der Waals surface area (Å²) in [6.07, 6.45) is -2.45. The van der Waals surface area contributed by atoms with E-state index in [1.807, 2.05) is 30.1 Å². The van der Waals surface area contributed by atoms with Crippen molar-refractivity contribution in [1.82, 2.24) is 19.7 Å². The van der Waals surface area contributed by atoms with Gasteiger partial charge in [-0.3, -0.25) is 9.59 Å². The molecule has 8 nitrogen and oxygen atoms in total. The second-order valence-corrected chi connectivity index (χ2v) is 10.5. The van der Waals surface area contributed by atoms with Gasteiger partial charge in [-0.25, -0.2) is 4.98 Å². The Morgan fingerprint density at radius 1 is 1.03 bits per heavy atom. The number of hydrogen-bond donors (Lipinski definition) is 1. The molecule has 12 heteroatoms. The average molecular weight is 525 g/mol. The first kappa shape index (κ1) is 26.4. The van der Waals surface area contributed by atoms with Gasteiger partial charge in [0.2, 0.25) is 5.91 Å². The minimum Gasteiger partial charge on any atom is -0.354 e. The molecule has 4 rings (SSSR count). The van der Waals surface area contributed by atoms with Gasteiger partial charge in [0.1, 0.15) is 12.4 Å². The van der Waals surface area contributed by atoms with Crippen LogP contribution in [-0.2, 0) is 9.59 Å². The number of anilines is 2. The Kier molecular flexibility index (Phi) is 8.16. The van der Waals surface area contributed by atoms with Crippen molar-refractivity contribution >= 4 is 34.0 Å². The lowest BCUT2D eigenvalue weighted by Crippen LogP contribution is -2.53. The number of halogens is 3. The van der Waals surface area contributed by atoms with Gasteiger partial charge in [0, 0.05) is 48.9 Å². The van der Waals surface area contributed by atoms with Crippen LogP contribution in [0.3, 0.4) is 0 Å². The number of piperazine rings is 1. The third-order valence-electron chi connectivity index (χ3n) is 6.67. The summed E-state index contributed by atoms with van der Waals surface area (Å²) in [5.74, 6) is -1.70. The van der Waals surface area contributed by atoms with Crippen molar-refractivity contribution in [2.45, 2.75) is 25.1 Å². The highest BCUT2D eigenvalue weighted by molar-refractivity contribution is 7.19. The third kappa shape index (κ3) is 6.54. The number of likely N-dealkylation sites (tertiary alicyclic amines) is 1. The van der Waals surface area contributed by atoms with Gasteiger partial charge >= 0.3 is 12.1 Å². The smallest absolute Gasteiger partial charge is 0.354 e. The van der Waals surface area contributed by atoms with E-state index in [0.29, 0.717) is 35.8 Å². The normalized spacial score (nSPS) is 18.3. The fraction of sp³-hybridized carbons (Fsp3) is 0.542. The first-order chi connectivity index (χ1) is 17.1. The molecule has 196 valence electrons. The van der Waals surface area contributed by atoms with Crippen LogP contribution in [0.5, 0.6) is 0 Å². The Balaban J connectivity index is 1.38. The maximum absolute atomic E-state index is 13.2. The molecule has 2 saturated heterocycles. The van der Waals surface area contributed by atoms with E-state index in [2.05, 4.69) is 27.1 Å². The summed E-state index contributed by atoms with van der Waals surface area (Å²) in [6.45, 7) is 4.32. The topological polar surface area (TPSA) is 72.0 Å². The molecule has 0 atom stereocenters. The number of rotatable bonds is 6. The zero-order chi connectivity index (χ0) is 25.9. The van der Waals surface area contributed by atoms with Crippen LogP contribution in [0.4, 0.5) is 24.0 Å². The highest BCUT2D eigenvalue weighted by atomic mass is 32.1. The molecule has 2 amide bonds. The Morgan fingerprint density at radius 2 is 1.69 bits per heavy atom. The minimum absolute atomic E-state index is 0.395. The number of nitrogens with one attached hydrogen (secondary N) is 1. The molecule has 1 N–H and O–H groups in total. The Labute approximate surface area is 212 Å². The number of thiophene rings is 1. The maximum atomic E-state index is 13.2. The average Bonchev–Trinajstić information content (AvgIpc) is 3.31. The number of likely N-dealkylation sites (N-methyl/N-ethyl adjacent to an activating group) is 1. The van der Waals surface area contributed by atoms with Crippen LogP contribution in [0.25, 0.3) is 10.4 Å². The van der Waals surface area contributed by atoms with E-state index in [1.165, 1.54) is 11.3 Å². The van der Waals surface area contributed by atoms with Crippen molar-refractivity contribution in [3.63, 3.8) is 0 Å². The molecule has 2 aliphatic heterocycles. The van der Waals surface area contributed by atoms with Gasteiger partial charge in [-0.15, -0.1) is 11.3 Å². The van der Waals surface area contributed by atoms with Crippen LogP contribution in [0.1, 0.15) is 12.8 Å². The van der Waals surface area contributed by atoms with E-state index in [4.69, 9.17) is 0 Å². The molecule has 0 spiro atoms. The Morgan fingerprint density at radius 3 is 2.31 bits per heavy atom. The number of hydrogen-bond acceptors (Lipinski definition) is 7. The maximum Gasteiger partial charge on any atom is 0.471 e. The standard InChI is InChI=1S/C24H31F3N6O2S/c1-30-9-7-18(8-10-30)33(23(35)24(25,26)27)16-21(34)29-22-6-4-19(36-22)17-3-5-20(28-15-17)32-13-11-31(2)12-14-32/h3-6,15,18H,7-14,16H2,1-2H3,(H,29,34). The van der Waals surface area contributed by atoms with Crippen LogP contribution >= 0.6 is 11.3 Å². The zero-order valence-electron chi connectivity index (χ0n) is 20.4. The molecule has 4 heterocycles. The molecule has 2 aromatic heterocycles. The van der Waals surface area contributed by atoms with Crippen molar-refractivity contribution in [3.8, 4) is 10.4 Å². The van der Waals surface area contributed by atoms with E-state index in [0.717, 1.165) is 42.4 Å². The number of piperidine rings is 1. The fourth-order valence-electron chi connectivity index (χ4n) is 4.48. The number of nitrogens with zero attached hydrogens (tertiary/aromatic N) is 5. The van der Waals surface area contributed by atoms with E-state index in [1.54, 1.807) is 12.3 Å². The number of pyridine rings is 1. The number of carbonyl (C=O) groups excluding carboxylic acids is 2. The quantitative estimate of drug-likeness (QED) is 0.627. The van der Waals surface area contributed by atoms with Gasteiger partial charge in [0.05, 0.1) is 5.00 Å². The van der Waals surface area contributed by atoms with Crippen molar-refractivity contribution in [3.05, 3.63) is 30.5 Å². The van der Waals surface area contributed by atoms with Crippen molar-refractivity contribution in [1.29, 1.82) is 0 Å². The van der Waals surface area contributed by atoms with Crippen molar-refractivity contribution in [2.24, 2.45) is 0 Å². The summed E-state index contributed by atoms with van der Waals surface area (Å²) in [4.78, 5) is 37.4. The number of carbonyl (C=O) groups is 2. The summed E-state index contributed by atoms with van der Waals surface area (Å²) < 4.78 is 39.7. The van der Waals surface area contributed by atoms with E-state index in [-0.39, 0.29) is 0 Å². The van der Waals surface area contributed by atoms with Crippen molar-refractivity contribution < 1.29 is 22.8 Å². The molecule has 0 aromatic carbocycles. The fourth-order valence-corrected chi connectivity index (χ4v) is 5.40. The third-order valence-corrected chi connectivity index (χ3v) is 7.72. The lowest BCUT2D eigenvalue weighted by Gasteiger charge is -2.37. The molecule has 0 bridgehead atoms. The number of amides is 2. The summed E-state index contributed by atoms with van der Waals surface area (Å²) >= 11 is 1.31. The lowest BCUT2D eigenvalue weighted by molar-refractivity contribution is -0.188. The second kappa shape index (κ2) is 11.1. The molecule has 0 aliphatic carbocycles. The van der Waals surface area contributed by atoms with E-state index >= 15 is 0 Å². The Hall–Kier alpha value is -2.70. The molecule has 36 heavy (non-hydrogen) atoms. The molecule has 2 fully saturated rings. The molecular formula is C24H31F3N6O2S. The van der Waals surface area contributed by atoms with E-state index in [9.17, 15) is 22.8 Å². The van der Waals surface area contributed by atoms with Gasteiger partial charge in [-0.1, -0.05) is 0 Å². The van der Waals surface area contributed by atoms with Crippen molar-refractivity contribution in [2.75, 3.05) is 70.1 Å². The van der Waals surface area contributed by atoms with Gasteiger partial charge < -0.3 is 24.9 Å². The summed E-state index contributed by atoms with van der Waals surface area (Å²) in [5, 5.41) is 3.16. The van der Waals surface area contributed by atoms with Gasteiger partial charge in [0.15, 0.2) is 0 Å². The highest BCUT2D eigenvalue weighted by Gasteiger charge is 2.45. The minimum atomic E-state index is -5.02. The monoisotopic (exact) mass is 524 g/mol. The van der Waals surface area contributed by atoms with Gasteiger partial charge in [-0.05, 0) is 64.3 Å². The number of aromatic nitrogens is 1. The van der Waals surface area contributed by atoms with Crippen LogP contribution in [0.15, 0.2) is 30.5 Å². The van der Waals surface area contributed by atoms with Crippen LogP contribution in [0.2, 0.25) is 0 Å². The molecule has 2 aliphatic rings. The van der Waals surface area contributed by atoms with Gasteiger partial charge in [0.25, 0.3) is 0 Å². The molecule has 2 aromatic rings. The summed E-state index contributed by atoms with van der Waals surface area (Å²) in [7, 11) is 3.98. The van der Waals surface area contributed by atoms with Crippen LogP contribution in [0, 0.1) is 0 Å². The predicted molar refractivity (Wildman–Crippen MR) is 134 cm³/mol. The molecule has 0 saturated carbocycles. The SMILES string of the molecule is CN1CCC(N(CC(=O)Nc2ccc(-c3ccc(N4CCN(C)CC4)nc3)s2)C(=O)C(F)(F)F)CC1. The summed E-state index contributed by atoms with van der Waals surface area (Å²) in [5.41, 5.74) is 0.888. The molecule has 0 radical (unpaired) electrons. The largest absolute Gasteiger partial charge is 0.471 e. The van der Waals surface area contributed by atoms with Crippen LogP contribution < -0.4 is 10.2 Å². The van der Waals surface area contributed by atoms with Gasteiger partial charge in [-0.2, -0.15) is 13.2 Å². The first-order valence-corrected chi connectivity index (χ1v) is 12.8. The zero-order valence-corrected chi connectivity index (χ0v) is 21.2. The summed E-state index contributed by atoms with van der Waals surface area (Å²) in [6, 6.07) is 6.87. The lowest BCUT2D eigenvalue weighted by atomic mass is 10.0. The Bertz CT molecular complexity index is 1040. The molecule has 0 unspecified atom stereocenters. The highest BCUT2D eigenvalue weighted by Crippen LogP contribution is 2.32. The number of alkyl halides is 3. The first-order valence-electron chi connectivity index (χ1n) is 12.0. The predicted octanol–water partition coefficient (Wildman–Crippen LogP) is 2.99. The second-order valence-electron chi connectivity index (χ2n) is 9.37.